The van der Waals surface area contributed by atoms with Crippen LogP contribution >= 0.6 is 0 Å². The minimum atomic E-state index is -3.14. The van der Waals surface area contributed by atoms with E-state index < -0.39 is 10.0 Å². The van der Waals surface area contributed by atoms with E-state index in [1.165, 1.54) is 31.6 Å². The summed E-state index contributed by atoms with van der Waals surface area (Å²) in [7, 11) is -3.14. The molecule has 176 valence electrons. The molecule has 3 aliphatic heterocycles. The highest BCUT2D eigenvalue weighted by molar-refractivity contribution is 7.89. The predicted octanol–water partition coefficient (Wildman–Crippen LogP) is 2.41. The Labute approximate surface area is 186 Å². The molecule has 9 heteroatoms. The SMILES string of the molecule is CCCC1CCN(S(=O)(=O)CCCN2CCC(CNC(=O)C3=COC=CO3)CC2)CC1. The van der Waals surface area contributed by atoms with Crippen molar-refractivity contribution in [1.29, 1.82) is 0 Å². The van der Waals surface area contributed by atoms with Crippen LogP contribution in [-0.2, 0) is 24.3 Å². The lowest BCUT2D eigenvalue weighted by Gasteiger charge is -2.33. The van der Waals surface area contributed by atoms with Gasteiger partial charge in [-0.2, -0.15) is 0 Å². The number of carbonyl (C=O) groups is 1. The van der Waals surface area contributed by atoms with Crippen molar-refractivity contribution >= 4 is 15.9 Å². The molecule has 0 aromatic heterocycles. The van der Waals surface area contributed by atoms with Crippen LogP contribution in [0, 0.1) is 11.8 Å². The highest BCUT2D eigenvalue weighted by atomic mass is 32.2. The van der Waals surface area contributed by atoms with Crippen LogP contribution in [0.3, 0.4) is 0 Å². The molecule has 2 saturated heterocycles. The van der Waals surface area contributed by atoms with Crippen LogP contribution < -0.4 is 5.32 Å². The molecule has 31 heavy (non-hydrogen) atoms. The number of nitrogens with one attached hydrogen (secondary N) is 1. The van der Waals surface area contributed by atoms with Gasteiger partial charge in [-0.15, -0.1) is 0 Å². The fourth-order valence-corrected chi connectivity index (χ4v) is 6.11. The first-order chi connectivity index (χ1) is 15.0. The third-order valence-electron chi connectivity index (χ3n) is 6.53. The van der Waals surface area contributed by atoms with Gasteiger partial charge in [0.1, 0.15) is 18.8 Å². The van der Waals surface area contributed by atoms with Crippen molar-refractivity contribution in [2.24, 2.45) is 11.8 Å². The van der Waals surface area contributed by atoms with Crippen molar-refractivity contribution in [3.05, 3.63) is 24.5 Å². The summed E-state index contributed by atoms with van der Waals surface area (Å²) in [4.78, 5) is 14.4. The Morgan fingerprint density at radius 2 is 1.81 bits per heavy atom. The van der Waals surface area contributed by atoms with Gasteiger partial charge in [-0.05, 0) is 63.6 Å². The van der Waals surface area contributed by atoms with Gasteiger partial charge in [-0.1, -0.05) is 19.8 Å². The lowest BCUT2D eigenvalue weighted by Crippen LogP contribution is -2.41. The first-order valence-corrected chi connectivity index (χ1v) is 13.2. The second kappa shape index (κ2) is 11.9. The van der Waals surface area contributed by atoms with Gasteiger partial charge in [0.25, 0.3) is 5.91 Å². The van der Waals surface area contributed by atoms with Crippen LogP contribution in [-0.4, -0.2) is 68.6 Å². The molecule has 0 aliphatic carbocycles. The molecule has 0 spiro atoms. The molecular weight excluding hydrogens is 418 g/mol. The summed E-state index contributed by atoms with van der Waals surface area (Å²) in [5.74, 6) is 1.26. The zero-order valence-corrected chi connectivity index (χ0v) is 19.4. The average Bonchev–Trinajstić information content (AvgIpc) is 2.79. The maximum absolute atomic E-state index is 12.7. The number of piperidine rings is 2. The molecule has 1 amide bonds. The molecule has 3 aliphatic rings. The van der Waals surface area contributed by atoms with Crippen LogP contribution in [0.1, 0.15) is 51.9 Å². The number of sulfonamides is 1. The van der Waals surface area contributed by atoms with E-state index in [-0.39, 0.29) is 17.4 Å². The smallest absolute Gasteiger partial charge is 0.290 e. The Morgan fingerprint density at radius 3 is 2.45 bits per heavy atom. The number of rotatable bonds is 10. The van der Waals surface area contributed by atoms with Crippen molar-refractivity contribution in [1.82, 2.24) is 14.5 Å². The molecule has 0 unspecified atom stereocenters. The molecule has 0 atom stereocenters. The van der Waals surface area contributed by atoms with Crippen molar-refractivity contribution in [2.45, 2.75) is 51.9 Å². The van der Waals surface area contributed by atoms with Crippen molar-refractivity contribution in [3.8, 4) is 0 Å². The second-order valence-electron chi connectivity index (χ2n) is 8.80. The standard InChI is InChI=1S/C22H37N3O5S/c1-2-4-19-7-12-25(13-8-19)31(27,28)16-3-9-24-10-5-20(6-11-24)17-23-22(26)21-18-29-14-15-30-21/h14-15,18-20H,2-13,16-17H2,1H3,(H,23,26). The van der Waals surface area contributed by atoms with E-state index in [2.05, 4.69) is 17.1 Å². The predicted molar refractivity (Wildman–Crippen MR) is 119 cm³/mol. The minimum absolute atomic E-state index is 0.163. The summed E-state index contributed by atoms with van der Waals surface area (Å²) >= 11 is 0. The second-order valence-corrected chi connectivity index (χ2v) is 10.9. The van der Waals surface area contributed by atoms with E-state index in [1.54, 1.807) is 4.31 Å². The molecule has 0 bridgehead atoms. The zero-order valence-electron chi connectivity index (χ0n) is 18.6. The minimum Gasteiger partial charge on any atom is -0.465 e. The molecule has 8 nitrogen and oxygen atoms in total. The topological polar surface area (TPSA) is 88.2 Å². The Morgan fingerprint density at radius 1 is 1.10 bits per heavy atom. The van der Waals surface area contributed by atoms with E-state index in [0.717, 1.165) is 45.3 Å². The Kier molecular flexibility index (Phi) is 9.22. The number of hydrogen-bond acceptors (Lipinski definition) is 6. The van der Waals surface area contributed by atoms with E-state index in [1.807, 2.05) is 0 Å². The Bertz CT molecular complexity index is 736. The monoisotopic (exact) mass is 455 g/mol. The van der Waals surface area contributed by atoms with E-state index in [9.17, 15) is 13.2 Å². The number of amides is 1. The molecule has 2 fully saturated rings. The van der Waals surface area contributed by atoms with E-state index in [4.69, 9.17) is 9.47 Å². The van der Waals surface area contributed by atoms with Gasteiger partial charge in [0.2, 0.25) is 15.8 Å². The molecular formula is C22H37N3O5S. The normalized spacial score (nSPS) is 21.9. The number of carbonyl (C=O) groups excluding carboxylic acids is 1. The zero-order chi connectivity index (χ0) is 22.1. The highest BCUT2D eigenvalue weighted by Crippen LogP contribution is 2.24. The lowest BCUT2D eigenvalue weighted by molar-refractivity contribution is -0.120. The van der Waals surface area contributed by atoms with Gasteiger partial charge in [0.15, 0.2) is 0 Å². The van der Waals surface area contributed by atoms with Gasteiger partial charge >= 0.3 is 0 Å². The molecule has 3 rings (SSSR count). The third kappa shape index (κ3) is 7.50. The van der Waals surface area contributed by atoms with Crippen LogP contribution in [0.2, 0.25) is 0 Å². The number of ether oxygens (including phenoxy) is 2. The largest absolute Gasteiger partial charge is 0.465 e. The van der Waals surface area contributed by atoms with Crippen LogP contribution in [0.15, 0.2) is 24.5 Å². The van der Waals surface area contributed by atoms with Crippen LogP contribution in [0.4, 0.5) is 0 Å². The molecule has 1 N–H and O–H groups in total. The Balaban J connectivity index is 1.29. The molecule has 0 saturated carbocycles. The van der Waals surface area contributed by atoms with Gasteiger partial charge in [-0.3, -0.25) is 4.79 Å². The third-order valence-corrected chi connectivity index (χ3v) is 8.48. The van der Waals surface area contributed by atoms with Crippen molar-refractivity contribution < 1.29 is 22.7 Å². The summed E-state index contributed by atoms with van der Waals surface area (Å²) < 4.78 is 37.1. The van der Waals surface area contributed by atoms with E-state index in [0.29, 0.717) is 37.9 Å². The van der Waals surface area contributed by atoms with Crippen molar-refractivity contribution in [2.75, 3.05) is 45.0 Å². The molecule has 0 radical (unpaired) electrons. The molecule has 0 aromatic rings. The van der Waals surface area contributed by atoms with E-state index >= 15 is 0 Å². The maximum atomic E-state index is 12.7. The molecule has 3 heterocycles. The fourth-order valence-electron chi connectivity index (χ4n) is 4.59. The average molecular weight is 456 g/mol. The number of likely N-dealkylation sites (tertiary alicyclic amines) is 1. The summed E-state index contributed by atoms with van der Waals surface area (Å²) in [6, 6.07) is 0. The molecule has 0 aromatic carbocycles. The van der Waals surface area contributed by atoms with Gasteiger partial charge in [0, 0.05) is 19.6 Å². The van der Waals surface area contributed by atoms with Gasteiger partial charge in [-0.25, -0.2) is 12.7 Å². The quantitative estimate of drug-likeness (QED) is 0.544. The lowest BCUT2D eigenvalue weighted by atomic mass is 9.94. The summed E-state index contributed by atoms with van der Waals surface area (Å²) in [5, 5.41) is 2.90. The summed E-state index contributed by atoms with van der Waals surface area (Å²) in [6.45, 7) is 6.87. The Hall–Kier alpha value is -1.58. The number of hydrogen-bond donors (Lipinski definition) is 1. The number of nitrogens with zero attached hydrogens (tertiary/aromatic N) is 2. The maximum Gasteiger partial charge on any atom is 0.290 e. The van der Waals surface area contributed by atoms with Crippen molar-refractivity contribution in [3.63, 3.8) is 0 Å². The van der Waals surface area contributed by atoms with Gasteiger partial charge in [0.05, 0.1) is 5.75 Å². The van der Waals surface area contributed by atoms with Crippen LogP contribution in [0.5, 0.6) is 0 Å². The fraction of sp³-hybridized carbons (Fsp3) is 0.773. The summed E-state index contributed by atoms with van der Waals surface area (Å²) in [5.41, 5.74) is 0. The highest BCUT2D eigenvalue weighted by Gasteiger charge is 2.28. The first-order valence-electron chi connectivity index (χ1n) is 11.6. The first kappa shape index (κ1) is 24.1. The van der Waals surface area contributed by atoms with Crippen LogP contribution in [0.25, 0.3) is 0 Å². The summed E-state index contributed by atoms with van der Waals surface area (Å²) in [6.07, 6.45) is 11.1. The van der Waals surface area contributed by atoms with Gasteiger partial charge < -0.3 is 19.7 Å².